The minimum atomic E-state index is -0.0337. The van der Waals surface area contributed by atoms with Crippen LogP contribution < -0.4 is 10.6 Å². The standard InChI is InChI=1S/C34H43N3/c1-25-8-7-9-30(22-25)29-13-15-31(16-14-29)34(18-20-37(21-19-34)33-10-5-6-11-33)35-24-28(4)36-32-17-12-26(2)27(3)23-32/h7-9,12-17,22-23,33,35-36H,4-6,10-11,18-21,24H2,1-3H3. The molecule has 194 valence electrons. The third kappa shape index (κ3) is 6.00. The lowest BCUT2D eigenvalue weighted by Gasteiger charge is -2.45. The van der Waals surface area contributed by atoms with Crippen LogP contribution in [0.3, 0.4) is 0 Å². The van der Waals surface area contributed by atoms with Crippen molar-refractivity contribution < 1.29 is 0 Å². The fourth-order valence-corrected chi connectivity index (χ4v) is 6.26. The quantitative estimate of drug-likeness (QED) is 0.336. The summed E-state index contributed by atoms with van der Waals surface area (Å²) in [5.74, 6) is 0. The zero-order chi connectivity index (χ0) is 25.8. The molecule has 5 rings (SSSR count). The molecule has 0 aromatic heterocycles. The van der Waals surface area contributed by atoms with Gasteiger partial charge in [-0.05, 0) is 86.4 Å². The molecular formula is C34H43N3. The molecule has 0 bridgehead atoms. The highest BCUT2D eigenvalue weighted by Crippen LogP contribution is 2.37. The van der Waals surface area contributed by atoms with Crippen LogP contribution in [-0.4, -0.2) is 30.6 Å². The summed E-state index contributed by atoms with van der Waals surface area (Å²) in [4.78, 5) is 2.76. The van der Waals surface area contributed by atoms with Crippen LogP contribution in [0.1, 0.15) is 60.8 Å². The second-order valence-electron chi connectivity index (χ2n) is 11.4. The van der Waals surface area contributed by atoms with Gasteiger partial charge in [-0.25, -0.2) is 0 Å². The zero-order valence-electron chi connectivity index (χ0n) is 22.9. The molecule has 2 aliphatic rings. The Bertz CT molecular complexity index is 1210. The first kappa shape index (κ1) is 25.8. The van der Waals surface area contributed by atoms with Crippen LogP contribution >= 0.6 is 0 Å². The summed E-state index contributed by atoms with van der Waals surface area (Å²) in [6.45, 7) is 13.9. The summed E-state index contributed by atoms with van der Waals surface area (Å²) in [6.07, 6.45) is 7.81. The topological polar surface area (TPSA) is 27.3 Å². The summed E-state index contributed by atoms with van der Waals surface area (Å²) in [5.41, 5.74) is 9.98. The molecular weight excluding hydrogens is 450 g/mol. The molecule has 2 fully saturated rings. The molecule has 0 unspecified atom stereocenters. The molecule has 3 heteroatoms. The van der Waals surface area contributed by atoms with Crippen LogP contribution in [0, 0.1) is 20.8 Å². The van der Waals surface area contributed by atoms with Crippen LogP contribution in [0.25, 0.3) is 11.1 Å². The fraction of sp³-hybridized carbons (Fsp3) is 0.412. The number of piperidine rings is 1. The monoisotopic (exact) mass is 493 g/mol. The number of rotatable bonds is 8. The minimum absolute atomic E-state index is 0.0337. The van der Waals surface area contributed by atoms with Gasteiger partial charge in [0.1, 0.15) is 0 Å². The van der Waals surface area contributed by atoms with Gasteiger partial charge in [0.2, 0.25) is 0 Å². The van der Waals surface area contributed by atoms with Crippen LogP contribution in [-0.2, 0) is 5.54 Å². The van der Waals surface area contributed by atoms with Gasteiger partial charge in [0.25, 0.3) is 0 Å². The van der Waals surface area contributed by atoms with Crippen molar-refractivity contribution in [2.45, 2.75) is 70.9 Å². The van der Waals surface area contributed by atoms with E-state index >= 15 is 0 Å². The lowest BCUT2D eigenvalue weighted by Crippen LogP contribution is -2.53. The average Bonchev–Trinajstić information content (AvgIpc) is 3.45. The Morgan fingerprint density at radius 3 is 2.27 bits per heavy atom. The highest BCUT2D eigenvalue weighted by atomic mass is 15.2. The van der Waals surface area contributed by atoms with E-state index in [2.05, 4.69) is 110 Å². The van der Waals surface area contributed by atoms with Crippen molar-refractivity contribution in [3.63, 3.8) is 0 Å². The number of hydrogen-bond acceptors (Lipinski definition) is 3. The van der Waals surface area contributed by atoms with E-state index in [9.17, 15) is 0 Å². The van der Waals surface area contributed by atoms with Crippen LogP contribution in [0.15, 0.2) is 79.0 Å². The van der Waals surface area contributed by atoms with Gasteiger partial charge >= 0.3 is 0 Å². The maximum atomic E-state index is 4.37. The van der Waals surface area contributed by atoms with E-state index in [1.165, 1.54) is 59.1 Å². The number of nitrogens with one attached hydrogen (secondary N) is 2. The molecule has 37 heavy (non-hydrogen) atoms. The molecule has 1 aliphatic heterocycles. The van der Waals surface area contributed by atoms with Crippen molar-refractivity contribution in [3.8, 4) is 11.1 Å². The van der Waals surface area contributed by atoms with Crippen LogP contribution in [0.2, 0.25) is 0 Å². The van der Waals surface area contributed by atoms with Crippen molar-refractivity contribution in [1.82, 2.24) is 10.2 Å². The van der Waals surface area contributed by atoms with Crippen molar-refractivity contribution in [2.75, 3.05) is 25.0 Å². The maximum absolute atomic E-state index is 4.37. The number of anilines is 1. The molecule has 1 saturated heterocycles. The van der Waals surface area contributed by atoms with Crippen molar-refractivity contribution in [1.29, 1.82) is 0 Å². The van der Waals surface area contributed by atoms with E-state index in [1.54, 1.807) is 0 Å². The lowest BCUT2D eigenvalue weighted by molar-refractivity contribution is 0.0999. The van der Waals surface area contributed by atoms with E-state index in [4.69, 9.17) is 0 Å². The van der Waals surface area contributed by atoms with Gasteiger partial charge in [-0.1, -0.05) is 79.6 Å². The van der Waals surface area contributed by atoms with Crippen LogP contribution in [0.5, 0.6) is 0 Å². The van der Waals surface area contributed by atoms with Crippen molar-refractivity contribution in [2.24, 2.45) is 0 Å². The highest BCUT2D eigenvalue weighted by Gasteiger charge is 2.38. The maximum Gasteiger partial charge on any atom is 0.0462 e. The van der Waals surface area contributed by atoms with Gasteiger partial charge in [0.05, 0.1) is 0 Å². The molecule has 3 aromatic rings. The number of nitrogens with zero attached hydrogens (tertiary/aromatic N) is 1. The summed E-state index contributed by atoms with van der Waals surface area (Å²) in [6, 6.07) is 25.4. The first-order chi connectivity index (χ1) is 17.9. The SMILES string of the molecule is C=C(CNC1(c2ccc(-c3cccc(C)c3)cc2)CCN(C2CCCC2)CC1)Nc1ccc(C)c(C)c1. The molecule has 1 saturated carbocycles. The third-order valence-electron chi connectivity index (χ3n) is 8.75. The number of benzene rings is 3. The molecule has 1 aliphatic carbocycles. The average molecular weight is 494 g/mol. The molecule has 1 heterocycles. The Hall–Kier alpha value is -2.88. The van der Waals surface area contributed by atoms with Gasteiger partial charge in [0, 0.05) is 42.6 Å². The van der Waals surface area contributed by atoms with Gasteiger partial charge in [0.15, 0.2) is 0 Å². The summed E-state index contributed by atoms with van der Waals surface area (Å²) < 4.78 is 0. The zero-order valence-corrected chi connectivity index (χ0v) is 22.9. The predicted molar refractivity (Wildman–Crippen MR) is 158 cm³/mol. The summed E-state index contributed by atoms with van der Waals surface area (Å²) >= 11 is 0. The Balaban J connectivity index is 1.32. The Kier molecular flexibility index (Phi) is 7.83. The van der Waals surface area contributed by atoms with E-state index in [1.807, 2.05) is 0 Å². The molecule has 3 aromatic carbocycles. The molecule has 0 atom stereocenters. The summed E-state index contributed by atoms with van der Waals surface area (Å²) in [5, 5.41) is 7.53. The third-order valence-corrected chi connectivity index (χ3v) is 8.75. The number of aryl methyl sites for hydroxylation is 3. The molecule has 0 spiro atoms. The van der Waals surface area contributed by atoms with E-state index < -0.39 is 0 Å². The van der Waals surface area contributed by atoms with Crippen LogP contribution in [0.4, 0.5) is 5.69 Å². The highest BCUT2D eigenvalue weighted by molar-refractivity contribution is 5.64. The van der Waals surface area contributed by atoms with Gasteiger partial charge in [-0.3, -0.25) is 0 Å². The van der Waals surface area contributed by atoms with E-state index in [0.29, 0.717) is 0 Å². The lowest BCUT2D eigenvalue weighted by atomic mass is 9.79. The number of hydrogen-bond donors (Lipinski definition) is 2. The summed E-state index contributed by atoms with van der Waals surface area (Å²) in [7, 11) is 0. The van der Waals surface area contributed by atoms with Gasteiger partial charge in [-0.15, -0.1) is 0 Å². The van der Waals surface area contributed by atoms with Gasteiger partial charge in [-0.2, -0.15) is 0 Å². The van der Waals surface area contributed by atoms with E-state index in [0.717, 1.165) is 49.9 Å². The number of likely N-dealkylation sites (tertiary alicyclic amines) is 1. The van der Waals surface area contributed by atoms with E-state index in [-0.39, 0.29) is 5.54 Å². The first-order valence-electron chi connectivity index (χ1n) is 14.1. The fourth-order valence-electron chi connectivity index (χ4n) is 6.26. The largest absolute Gasteiger partial charge is 0.358 e. The molecule has 0 amide bonds. The Labute approximate surface area is 224 Å². The molecule has 3 nitrogen and oxygen atoms in total. The second-order valence-corrected chi connectivity index (χ2v) is 11.4. The predicted octanol–water partition coefficient (Wildman–Crippen LogP) is 7.73. The first-order valence-corrected chi connectivity index (χ1v) is 14.1. The Morgan fingerprint density at radius 2 is 1.59 bits per heavy atom. The normalized spacial score (nSPS) is 18.1. The minimum Gasteiger partial charge on any atom is -0.358 e. The molecule has 0 radical (unpaired) electrons. The van der Waals surface area contributed by atoms with Crippen molar-refractivity contribution in [3.05, 3.63) is 101 Å². The second kappa shape index (κ2) is 11.2. The Morgan fingerprint density at radius 1 is 0.865 bits per heavy atom. The molecule has 2 N–H and O–H groups in total. The smallest absolute Gasteiger partial charge is 0.0462 e. The van der Waals surface area contributed by atoms with Crippen molar-refractivity contribution >= 4 is 5.69 Å². The van der Waals surface area contributed by atoms with Gasteiger partial charge < -0.3 is 15.5 Å².